The van der Waals surface area contributed by atoms with Crippen molar-refractivity contribution in [1.82, 2.24) is 5.32 Å². The minimum absolute atomic E-state index is 0.143. The van der Waals surface area contributed by atoms with E-state index < -0.39 is 18.2 Å². The monoisotopic (exact) mass is 301 g/mol. The molecule has 0 radical (unpaired) electrons. The van der Waals surface area contributed by atoms with Crippen LogP contribution in [0.15, 0.2) is 18.2 Å². The summed E-state index contributed by atoms with van der Waals surface area (Å²) in [7, 11) is 0. The Bertz CT molecular complexity index is 506. The Kier molecular flexibility index (Phi) is 5.94. The zero-order valence-electron chi connectivity index (χ0n) is 10.8. The molecule has 2 unspecified atom stereocenters. The number of amides is 1. The van der Waals surface area contributed by atoms with Crippen molar-refractivity contribution in [2.24, 2.45) is 0 Å². The zero-order valence-corrected chi connectivity index (χ0v) is 11.6. The maximum absolute atomic E-state index is 10.8. The van der Waals surface area contributed by atoms with Crippen LogP contribution in [0.5, 0.6) is 0 Å². The number of aliphatic carboxylic acids is 1. The van der Waals surface area contributed by atoms with Crippen molar-refractivity contribution >= 4 is 23.5 Å². The summed E-state index contributed by atoms with van der Waals surface area (Å²) in [5, 5.41) is 31.4. The van der Waals surface area contributed by atoms with E-state index >= 15 is 0 Å². The van der Waals surface area contributed by atoms with Gasteiger partial charge in [0.15, 0.2) is 0 Å². The Morgan fingerprint density at radius 1 is 1.35 bits per heavy atom. The SMILES string of the molecule is CC(=O)NCC(O)C(O)c1cc(Cl)ccc1CC(=O)O. The first-order chi connectivity index (χ1) is 9.31. The molecule has 4 N–H and O–H groups in total. The Balaban J connectivity index is 2.94. The molecular weight excluding hydrogens is 286 g/mol. The Labute approximate surface area is 121 Å². The summed E-state index contributed by atoms with van der Waals surface area (Å²) in [6.07, 6.45) is -2.89. The molecule has 6 nitrogen and oxygen atoms in total. The third kappa shape index (κ3) is 4.80. The average molecular weight is 302 g/mol. The van der Waals surface area contributed by atoms with Crippen molar-refractivity contribution in [3.63, 3.8) is 0 Å². The zero-order chi connectivity index (χ0) is 15.3. The maximum Gasteiger partial charge on any atom is 0.307 e. The van der Waals surface area contributed by atoms with E-state index in [9.17, 15) is 19.8 Å². The van der Waals surface area contributed by atoms with Crippen molar-refractivity contribution < 1.29 is 24.9 Å². The van der Waals surface area contributed by atoms with Crippen LogP contribution in [0.25, 0.3) is 0 Å². The molecule has 0 heterocycles. The van der Waals surface area contributed by atoms with Crippen LogP contribution >= 0.6 is 11.6 Å². The summed E-state index contributed by atoms with van der Waals surface area (Å²) < 4.78 is 0. The van der Waals surface area contributed by atoms with Gasteiger partial charge in [-0.15, -0.1) is 0 Å². The first-order valence-electron chi connectivity index (χ1n) is 5.92. The van der Waals surface area contributed by atoms with Gasteiger partial charge in [0.1, 0.15) is 12.2 Å². The molecule has 2 atom stereocenters. The van der Waals surface area contributed by atoms with Crippen molar-refractivity contribution in [3.8, 4) is 0 Å². The molecule has 0 aliphatic rings. The third-order valence-corrected chi connectivity index (χ3v) is 2.93. The maximum atomic E-state index is 10.8. The smallest absolute Gasteiger partial charge is 0.307 e. The molecule has 0 saturated heterocycles. The highest BCUT2D eigenvalue weighted by Gasteiger charge is 2.22. The predicted octanol–water partition coefficient (Wildman–Crippen LogP) is 0.497. The number of aliphatic hydroxyl groups is 2. The number of benzene rings is 1. The van der Waals surface area contributed by atoms with Crippen molar-refractivity contribution in [1.29, 1.82) is 0 Å². The molecule has 1 amide bonds. The second-order valence-electron chi connectivity index (χ2n) is 4.36. The fraction of sp³-hybridized carbons (Fsp3) is 0.385. The number of carbonyl (C=O) groups is 2. The second-order valence-corrected chi connectivity index (χ2v) is 4.80. The number of carbonyl (C=O) groups excluding carboxylic acids is 1. The summed E-state index contributed by atoms with van der Waals surface area (Å²) in [5.41, 5.74) is 0.592. The van der Waals surface area contributed by atoms with Gasteiger partial charge in [0.25, 0.3) is 0 Å². The standard InChI is InChI=1S/C13H16ClNO5/c1-7(16)15-6-11(17)13(20)10-5-9(14)3-2-8(10)4-12(18)19/h2-3,5,11,13,17,20H,4,6H2,1H3,(H,15,16)(H,18,19). The molecule has 0 aliphatic heterocycles. The molecule has 20 heavy (non-hydrogen) atoms. The highest BCUT2D eigenvalue weighted by Crippen LogP contribution is 2.25. The van der Waals surface area contributed by atoms with Crippen molar-refractivity contribution in [2.45, 2.75) is 25.6 Å². The third-order valence-electron chi connectivity index (χ3n) is 2.69. The van der Waals surface area contributed by atoms with Gasteiger partial charge in [-0.3, -0.25) is 9.59 Å². The quantitative estimate of drug-likeness (QED) is 0.612. The van der Waals surface area contributed by atoms with E-state index in [0.717, 1.165) is 0 Å². The number of nitrogens with one attached hydrogen (secondary N) is 1. The van der Waals surface area contributed by atoms with Gasteiger partial charge >= 0.3 is 5.97 Å². The topological polar surface area (TPSA) is 107 Å². The molecule has 110 valence electrons. The number of hydrogen-bond acceptors (Lipinski definition) is 4. The minimum Gasteiger partial charge on any atom is -0.481 e. The first kappa shape index (κ1) is 16.4. The summed E-state index contributed by atoms with van der Waals surface area (Å²) in [4.78, 5) is 21.6. The molecule has 0 aliphatic carbocycles. The van der Waals surface area contributed by atoms with Gasteiger partial charge in [0, 0.05) is 18.5 Å². The highest BCUT2D eigenvalue weighted by atomic mass is 35.5. The molecule has 1 aromatic rings. The van der Waals surface area contributed by atoms with Gasteiger partial charge in [-0.2, -0.15) is 0 Å². The molecule has 1 aromatic carbocycles. The molecule has 7 heteroatoms. The molecular formula is C13H16ClNO5. The summed E-state index contributed by atoms with van der Waals surface area (Å²) >= 11 is 5.82. The van der Waals surface area contributed by atoms with Crippen LogP contribution in [0.1, 0.15) is 24.2 Å². The number of carboxylic acid groups (broad SMARTS) is 1. The normalized spacial score (nSPS) is 13.6. The van der Waals surface area contributed by atoms with Crippen molar-refractivity contribution in [2.75, 3.05) is 6.54 Å². The van der Waals surface area contributed by atoms with E-state index in [0.29, 0.717) is 10.6 Å². The van der Waals surface area contributed by atoms with Crippen LogP contribution in [-0.4, -0.2) is 39.8 Å². The number of aliphatic hydroxyl groups excluding tert-OH is 2. The van der Waals surface area contributed by atoms with E-state index in [4.69, 9.17) is 16.7 Å². The van der Waals surface area contributed by atoms with E-state index in [1.54, 1.807) is 0 Å². The van der Waals surface area contributed by atoms with Crippen LogP contribution in [0.4, 0.5) is 0 Å². The number of halogens is 1. The Morgan fingerprint density at radius 2 is 2.00 bits per heavy atom. The highest BCUT2D eigenvalue weighted by molar-refractivity contribution is 6.30. The van der Waals surface area contributed by atoms with Crippen LogP contribution in [0.2, 0.25) is 5.02 Å². The van der Waals surface area contributed by atoms with Gasteiger partial charge in [0.05, 0.1) is 6.42 Å². The molecule has 0 bridgehead atoms. The number of hydrogen-bond donors (Lipinski definition) is 4. The lowest BCUT2D eigenvalue weighted by Gasteiger charge is -2.21. The van der Waals surface area contributed by atoms with Gasteiger partial charge in [-0.25, -0.2) is 0 Å². The first-order valence-corrected chi connectivity index (χ1v) is 6.29. The van der Waals surface area contributed by atoms with E-state index in [1.807, 2.05) is 0 Å². The molecule has 1 rings (SSSR count). The van der Waals surface area contributed by atoms with Gasteiger partial charge < -0.3 is 20.6 Å². The average Bonchev–Trinajstić information content (AvgIpc) is 2.36. The molecule has 0 saturated carbocycles. The van der Waals surface area contributed by atoms with E-state index in [-0.39, 0.29) is 24.4 Å². The van der Waals surface area contributed by atoms with Crippen LogP contribution in [0.3, 0.4) is 0 Å². The molecule has 0 spiro atoms. The van der Waals surface area contributed by atoms with Crippen LogP contribution < -0.4 is 5.32 Å². The molecule has 0 fully saturated rings. The van der Waals surface area contributed by atoms with Gasteiger partial charge in [-0.1, -0.05) is 17.7 Å². The lowest BCUT2D eigenvalue weighted by molar-refractivity contribution is -0.136. The minimum atomic E-state index is -1.34. The van der Waals surface area contributed by atoms with E-state index in [1.165, 1.54) is 25.1 Å². The fourth-order valence-electron chi connectivity index (χ4n) is 1.73. The Hall–Kier alpha value is -1.63. The van der Waals surface area contributed by atoms with Gasteiger partial charge in [-0.05, 0) is 23.3 Å². The summed E-state index contributed by atoms with van der Waals surface area (Å²) in [6.45, 7) is 1.14. The van der Waals surface area contributed by atoms with Crippen LogP contribution in [0, 0.1) is 0 Å². The lowest BCUT2D eigenvalue weighted by atomic mass is 9.96. The number of carboxylic acids is 1. The molecule has 0 aromatic heterocycles. The second kappa shape index (κ2) is 7.23. The largest absolute Gasteiger partial charge is 0.481 e. The predicted molar refractivity (Wildman–Crippen MR) is 72.4 cm³/mol. The lowest BCUT2D eigenvalue weighted by Crippen LogP contribution is -2.34. The Morgan fingerprint density at radius 3 is 2.55 bits per heavy atom. The fourth-order valence-corrected chi connectivity index (χ4v) is 1.91. The van der Waals surface area contributed by atoms with Crippen molar-refractivity contribution in [3.05, 3.63) is 34.3 Å². The number of rotatable bonds is 6. The summed E-state index contributed by atoms with van der Waals surface area (Å²) in [6, 6.07) is 4.40. The van der Waals surface area contributed by atoms with Gasteiger partial charge in [0.2, 0.25) is 5.91 Å². The van der Waals surface area contributed by atoms with Crippen LogP contribution in [-0.2, 0) is 16.0 Å². The summed E-state index contributed by atoms with van der Waals surface area (Å²) in [5.74, 6) is -1.40. The van der Waals surface area contributed by atoms with E-state index in [2.05, 4.69) is 5.32 Å².